The van der Waals surface area contributed by atoms with E-state index >= 15 is 0 Å². The molecule has 4 atom stereocenters. The number of esters is 3. The largest absolute Gasteiger partial charge is 0.489 e. The third-order valence-corrected chi connectivity index (χ3v) is 13.2. The van der Waals surface area contributed by atoms with Crippen LogP contribution in [0.5, 0.6) is 5.75 Å². The first kappa shape index (κ1) is 72.2. The fraction of sp³-hybridized carbons (Fsp3) is 0.226. The molecule has 0 bridgehead atoms. The van der Waals surface area contributed by atoms with Crippen molar-refractivity contribution in [1.82, 2.24) is 19.9 Å². The van der Waals surface area contributed by atoms with Crippen molar-refractivity contribution >= 4 is 76.0 Å². The van der Waals surface area contributed by atoms with Gasteiger partial charge < -0.3 is 71.7 Å². The van der Waals surface area contributed by atoms with Crippen LogP contribution >= 0.6 is 11.6 Å². The lowest BCUT2D eigenvalue weighted by atomic mass is 10.1. The highest BCUT2D eigenvalue weighted by Gasteiger charge is 2.22. The molecule has 5 heterocycles. The van der Waals surface area contributed by atoms with Crippen molar-refractivity contribution in [3.8, 4) is 5.75 Å². The van der Waals surface area contributed by atoms with Crippen LogP contribution in [0.15, 0.2) is 160 Å². The maximum absolute atomic E-state index is 11.6. The Balaban J connectivity index is 0.000000248. The average molecular weight is 1270 g/mol. The standard InChI is InChI=1S/C17H19N3O3.C15H15N3O5.C15H17N3O3.C9H11NO.C5H3ClN2O3.CH4O/c1-11(12-3-5-13(6-4-12)17(21)22-2)20-16-15-14(7-8-19-16)23-10-9-18-15;1-9(10-3-5-11(6-4-10)15(20)23-2)17-14-13(18(21)22)12(19)7-8-16-14;1-9(18-14-13(16)12(19)7-8-17-14)10-3-5-11(6-4-10)15(20)21-2;1-7(10)9-4-2-8(6-11)3-5-9;6-5-4(8(10)11)3(9)1-2-7-5;1-2/h3-8,11,18H,9-10H2,1-2H3,(H,19,20);3-9H,1-2H3,(H2,16,17,19);3-9H,16H2,1-2H3,(H2,17,18,19);2-7H,10H2,1H3;1-2H,(H,7,9);2H,1H3/t11-;2*9-;7-;;/m0000../s1. The van der Waals surface area contributed by atoms with Gasteiger partial charge in [-0.2, -0.15) is 0 Å². The quantitative estimate of drug-likeness (QED) is 0.0108. The molecule has 4 aromatic carbocycles. The first-order valence-electron chi connectivity index (χ1n) is 27.3. The third-order valence-electron chi connectivity index (χ3n) is 12.9. The van der Waals surface area contributed by atoms with Gasteiger partial charge in [-0.1, -0.05) is 72.3 Å². The number of pyridine rings is 4. The number of hydrogen-bond acceptors (Lipinski definition) is 23. The van der Waals surface area contributed by atoms with E-state index in [1.807, 2.05) is 63.2 Å². The van der Waals surface area contributed by atoms with Crippen LogP contribution < -0.4 is 53.8 Å². The van der Waals surface area contributed by atoms with E-state index in [4.69, 9.17) is 37.6 Å². The monoisotopic (exact) mass is 1270 g/mol. The Bertz CT molecular complexity index is 3900. The second-order valence-corrected chi connectivity index (χ2v) is 19.4. The van der Waals surface area contributed by atoms with Gasteiger partial charge in [-0.3, -0.25) is 39.4 Å². The Kier molecular flexibility index (Phi) is 28.7. The van der Waals surface area contributed by atoms with Crippen LogP contribution in [0.2, 0.25) is 5.15 Å². The number of aliphatic hydroxyl groups is 1. The van der Waals surface area contributed by atoms with E-state index in [1.54, 1.807) is 73.8 Å². The van der Waals surface area contributed by atoms with Crippen molar-refractivity contribution in [3.05, 3.63) is 247 Å². The van der Waals surface area contributed by atoms with Crippen LogP contribution in [0.4, 0.5) is 40.2 Å². The van der Waals surface area contributed by atoms with Gasteiger partial charge in [0.05, 0.1) is 60.0 Å². The van der Waals surface area contributed by atoms with Crippen molar-refractivity contribution in [3.63, 3.8) is 0 Å². The zero-order valence-electron chi connectivity index (χ0n) is 50.6. The van der Waals surface area contributed by atoms with Crippen molar-refractivity contribution in [2.75, 3.05) is 68.6 Å². The molecule has 0 amide bonds. The number of methoxy groups -OCH3 is 3. The van der Waals surface area contributed by atoms with E-state index in [-0.39, 0.29) is 58.2 Å². The van der Waals surface area contributed by atoms with E-state index < -0.39 is 38.0 Å². The number of halogens is 1. The molecule has 29 heteroatoms. The van der Waals surface area contributed by atoms with Crippen LogP contribution in [0, 0.1) is 20.2 Å². The van der Waals surface area contributed by atoms with Crippen molar-refractivity contribution in [1.29, 1.82) is 0 Å². The lowest BCUT2D eigenvalue weighted by molar-refractivity contribution is -0.386. The lowest BCUT2D eigenvalue weighted by Gasteiger charge is -2.23. The molecular formula is C62H69ClN12O16. The fourth-order valence-corrected chi connectivity index (χ4v) is 8.24. The molecule has 91 heavy (non-hydrogen) atoms. The number of aldehydes is 1. The van der Waals surface area contributed by atoms with Crippen molar-refractivity contribution < 1.29 is 53.1 Å². The molecule has 480 valence electrons. The van der Waals surface area contributed by atoms with Crippen LogP contribution in [0.1, 0.15) is 116 Å². The van der Waals surface area contributed by atoms with Gasteiger partial charge >= 0.3 is 29.3 Å². The summed E-state index contributed by atoms with van der Waals surface area (Å²) in [5.74, 6) is 0.920. The molecule has 12 N–H and O–H groups in total. The Morgan fingerprint density at radius 1 is 0.615 bits per heavy atom. The summed E-state index contributed by atoms with van der Waals surface area (Å²) in [5.41, 5.74) is 15.6. The first-order chi connectivity index (χ1) is 43.5. The molecule has 0 radical (unpaired) electrons. The molecule has 1 aliphatic heterocycles. The number of H-pyrrole nitrogens is 3. The van der Waals surface area contributed by atoms with Gasteiger partial charge in [0.1, 0.15) is 35.8 Å². The minimum absolute atomic E-state index is 0.0319. The van der Waals surface area contributed by atoms with Crippen LogP contribution in [0.3, 0.4) is 0 Å². The number of anilines is 5. The summed E-state index contributed by atoms with van der Waals surface area (Å²) in [6, 6.07) is 33.3. The van der Waals surface area contributed by atoms with E-state index in [0.717, 1.165) is 71.6 Å². The lowest BCUT2D eigenvalue weighted by Crippen LogP contribution is -2.20. The van der Waals surface area contributed by atoms with Crippen LogP contribution in [-0.2, 0) is 14.2 Å². The van der Waals surface area contributed by atoms with E-state index in [0.29, 0.717) is 34.7 Å². The van der Waals surface area contributed by atoms with Gasteiger partial charge in [-0.15, -0.1) is 0 Å². The summed E-state index contributed by atoms with van der Waals surface area (Å²) in [6.45, 7) is 9.07. The molecule has 4 aromatic heterocycles. The summed E-state index contributed by atoms with van der Waals surface area (Å²) >= 11 is 5.33. The number of nitrogens with one attached hydrogen (secondary N) is 7. The number of carbonyl (C=O) groups excluding carboxylic acids is 4. The Labute approximate surface area is 525 Å². The second-order valence-electron chi connectivity index (χ2n) is 19.0. The molecule has 8 aromatic rings. The van der Waals surface area contributed by atoms with Gasteiger partial charge in [0.15, 0.2) is 16.8 Å². The SMILES string of the molecule is CO.COC(=O)c1ccc([C@H](C)Nc2[nH]ccc(=O)c2N)cc1.COC(=O)c1ccc([C@H](C)Nc2[nH]ccc(=O)c2[N+](=O)[O-])cc1.COC(=O)c1ccc([C@H](C)Nc2nccc3c2NCCO3)cc1.C[C@H](N)c1ccc(C=O)cc1.O=c1cc[nH]c(Cl)c1[N+](=O)[O-]. The number of hydrogen-bond donors (Lipinski definition) is 10. The molecule has 28 nitrogen and oxygen atoms in total. The van der Waals surface area contributed by atoms with Crippen LogP contribution in [0.25, 0.3) is 0 Å². The Hall–Kier alpha value is -11.2. The minimum atomic E-state index is -0.818. The zero-order chi connectivity index (χ0) is 67.3. The molecule has 0 fully saturated rings. The predicted molar refractivity (Wildman–Crippen MR) is 344 cm³/mol. The Morgan fingerprint density at radius 2 is 1.02 bits per heavy atom. The summed E-state index contributed by atoms with van der Waals surface area (Å²) in [6.07, 6.45) is 6.67. The van der Waals surface area contributed by atoms with E-state index in [2.05, 4.69) is 50.7 Å². The molecule has 9 rings (SSSR count). The fourth-order valence-electron chi connectivity index (χ4n) is 8.01. The number of nitro groups is 2. The maximum Gasteiger partial charge on any atom is 0.356 e. The van der Waals surface area contributed by atoms with Crippen molar-refractivity contribution in [2.45, 2.75) is 51.9 Å². The van der Waals surface area contributed by atoms with E-state index in [9.17, 15) is 53.8 Å². The molecule has 0 saturated heterocycles. The topological polar surface area (TPSA) is 423 Å². The minimum Gasteiger partial charge on any atom is -0.489 e. The Morgan fingerprint density at radius 3 is 1.44 bits per heavy atom. The van der Waals surface area contributed by atoms with Gasteiger partial charge in [-0.05, 0) is 86.3 Å². The number of nitrogens with zero attached hydrogens (tertiary/aromatic N) is 3. The predicted octanol–water partition coefficient (Wildman–Crippen LogP) is 9.07. The average Bonchev–Trinajstić information content (AvgIpc) is 1.58. The smallest absolute Gasteiger partial charge is 0.356 e. The third kappa shape index (κ3) is 21.3. The zero-order valence-corrected chi connectivity index (χ0v) is 51.4. The molecule has 1 aliphatic rings. The summed E-state index contributed by atoms with van der Waals surface area (Å²) in [4.78, 5) is 110. The molecule has 0 unspecified atom stereocenters. The molecule has 0 aliphatic carbocycles. The van der Waals surface area contributed by atoms with Crippen LogP contribution in [-0.4, -0.2) is 101 Å². The number of aromatic amines is 3. The number of nitrogens with two attached hydrogens (primary N) is 2. The molecule has 0 saturated carbocycles. The number of fused-ring (bicyclic) bond motifs is 1. The summed E-state index contributed by atoms with van der Waals surface area (Å²) in [5, 5.41) is 40.6. The molecule has 0 spiro atoms. The van der Waals surface area contributed by atoms with Gasteiger partial charge in [0, 0.05) is 80.4 Å². The highest BCUT2D eigenvalue weighted by molar-refractivity contribution is 6.31. The first-order valence-corrected chi connectivity index (χ1v) is 27.7. The number of ether oxygens (including phenoxy) is 4. The van der Waals surface area contributed by atoms with Gasteiger partial charge in [0.25, 0.3) is 10.9 Å². The van der Waals surface area contributed by atoms with Gasteiger partial charge in [-0.25, -0.2) is 19.4 Å². The summed E-state index contributed by atoms with van der Waals surface area (Å²) in [7, 11) is 5.01. The van der Waals surface area contributed by atoms with E-state index in [1.165, 1.54) is 46.0 Å². The summed E-state index contributed by atoms with van der Waals surface area (Å²) < 4.78 is 19.6. The number of nitrogen functional groups attached to an aromatic ring is 1. The highest BCUT2D eigenvalue weighted by Crippen LogP contribution is 2.35. The number of aromatic nitrogens is 4. The maximum atomic E-state index is 11.6. The normalized spacial score (nSPS) is 11.9. The number of rotatable bonds is 16. The second kappa shape index (κ2) is 36.2. The highest BCUT2D eigenvalue weighted by atomic mass is 35.5. The molecular weight excluding hydrogens is 1200 g/mol. The number of aliphatic hydroxyl groups excluding tert-OH is 1. The van der Waals surface area contributed by atoms with Crippen molar-refractivity contribution in [2.24, 2.45) is 5.73 Å². The number of carbonyl (C=O) groups is 4. The van der Waals surface area contributed by atoms with Gasteiger partial charge in [0.2, 0.25) is 5.43 Å². The number of benzene rings is 4.